The molecule has 1 aliphatic carbocycles. The molecule has 9 aromatic carbocycles. The van der Waals surface area contributed by atoms with Gasteiger partial charge < -0.3 is 4.57 Å². The molecule has 0 amide bonds. The molecule has 1 unspecified atom stereocenters. The molecule has 3 heteroatoms. The van der Waals surface area contributed by atoms with E-state index in [4.69, 9.17) is 9.97 Å². The number of benzene rings is 9. The summed E-state index contributed by atoms with van der Waals surface area (Å²) in [5, 5.41) is 7.53. The van der Waals surface area contributed by atoms with E-state index in [0.29, 0.717) is 5.92 Å². The van der Waals surface area contributed by atoms with E-state index in [1.165, 1.54) is 82.3 Å². The normalized spacial score (nSPS) is 14.9. The van der Waals surface area contributed by atoms with Crippen LogP contribution < -0.4 is 0 Å². The third kappa shape index (κ3) is 5.09. The Kier molecular flexibility index (Phi) is 7.71. The van der Waals surface area contributed by atoms with Crippen LogP contribution in [0.1, 0.15) is 42.4 Å². The lowest BCUT2D eigenvalue weighted by Crippen LogP contribution is -2.07. The van der Waals surface area contributed by atoms with Crippen molar-refractivity contribution in [3.63, 3.8) is 0 Å². The SMILES string of the molecule is Cc1c2cc3c(c1-c1ccc4ccccc4c1C(C)[C@@H](C)c1ccccc1-2)c1ccccc1n3-c1ccc(-c2nc3ccccc3nc2-c2cccc3ccccc23)cc1. The van der Waals surface area contributed by atoms with Crippen LogP contribution >= 0.6 is 0 Å². The van der Waals surface area contributed by atoms with E-state index >= 15 is 0 Å². The molecule has 0 N–H and O–H groups in total. The van der Waals surface area contributed by atoms with Gasteiger partial charge >= 0.3 is 0 Å². The molecular formula is C57H41N3. The zero-order chi connectivity index (χ0) is 40.1. The number of para-hydroxylation sites is 3. The van der Waals surface area contributed by atoms with Crippen molar-refractivity contribution in [3.05, 3.63) is 199 Å². The maximum absolute atomic E-state index is 5.31. The van der Waals surface area contributed by atoms with Gasteiger partial charge in [-0.3, -0.25) is 0 Å². The third-order valence-electron chi connectivity index (χ3n) is 13.4. The Morgan fingerprint density at radius 1 is 0.450 bits per heavy atom. The molecule has 12 rings (SSSR count). The van der Waals surface area contributed by atoms with Gasteiger partial charge in [0.1, 0.15) is 0 Å². The van der Waals surface area contributed by atoms with Crippen molar-refractivity contribution < 1.29 is 0 Å². The summed E-state index contributed by atoms with van der Waals surface area (Å²) >= 11 is 0. The van der Waals surface area contributed by atoms with Crippen molar-refractivity contribution in [2.45, 2.75) is 32.6 Å². The van der Waals surface area contributed by atoms with Crippen molar-refractivity contribution in [2.75, 3.05) is 0 Å². The highest BCUT2D eigenvalue weighted by atomic mass is 15.0. The van der Waals surface area contributed by atoms with Gasteiger partial charge in [0.15, 0.2) is 0 Å². The fourth-order valence-corrected chi connectivity index (χ4v) is 10.4. The van der Waals surface area contributed by atoms with Gasteiger partial charge in [0.2, 0.25) is 0 Å². The van der Waals surface area contributed by atoms with Gasteiger partial charge in [0.05, 0.1) is 33.5 Å². The Hall–Kier alpha value is -7.36. The average Bonchev–Trinajstić information content (AvgIpc) is 3.64. The van der Waals surface area contributed by atoms with Crippen LogP contribution in [-0.4, -0.2) is 14.5 Å². The van der Waals surface area contributed by atoms with E-state index in [1.54, 1.807) is 0 Å². The summed E-state index contributed by atoms with van der Waals surface area (Å²) in [4.78, 5) is 10.6. The number of fused-ring (bicyclic) bond motifs is 14. The van der Waals surface area contributed by atoms with E-state index in [1.807, 2.05) is 12.1 Å². The van der Waals surface area contributed by atoms with Crippen LogP contribution in [0.5, 0.6) is 0 Å². The minimum absolute atomic E-state index is 0.286. The van der Waals surface area contributed by atoms with E-state index < -0.39 is 0 Å². The van der Waals surface area contributed by atoms with E-state index in [0.717, 1.165) is 39.2 Å². The van der Waals surface area contributed by atoms with Crippen molar-refractivity contribution in [3.8, 4) is 50.5 Å². The summed E-state index contributed by atoms with van der Waals surface area (Å²) in [6.07, 6.45) is 0. The average molecular weight is 768 g/mol. The lowest BCUT2D eigenvalue weighted by Gasteiger charge is -2.26. The lowest BCUT2D eigenvalue weighted by molar-refractivity contribution is 0.630. The van der Waals surface area contributed by atoms with Crippen molar-refractivity contribution in [1.82, 2.24) is 14.5 Å². The predicted molar refractivity (Wildman–Crippen MR) is 252 cm³/mol. The van der Waals surface area contributed by atoms with Crippen LogP contribution in [0.4, 0.5) is 0 Å². The number of nitrogens with zero attached hydrogens (tertiary/aromatic N) is 3. The number of aromatic nitrogens is 3. The molecule has 0 fully saturated rings. The van der Waals surface area contributed by atoms with Gasteiger partial charge in [-0.05, 0) is 116 Å². The summed E-state index contributed by atoms with van der Waals surface area (Å²) in [5.74, 6) is 0.593. The first kappa shape index (κ1) is 34.7. The minimum Gasteiger partial charge on any atom is -0.309 e. The van der Waals surface area contributed by atoms with Crippen LogP contribution in [0.3, 0.4) is 0 Å². The molecule has 11 aromatic rings. The van der Waals surface area contributed by atoms with E-state index in [9.17, 15) is 0 Å². The summed E-state index contributed by atoms with van der Waals surface area (Å²) in [6.45, 7) is 7.20. The molecule has 3 nitrogen and oxygen atoms in total. The van der Waals surface area contributed by atoms with Crippen molar-refractivity contribution in [1.29, 1.82) is 0 Å². The number of hydrogen-bond donors (Lipinski definition) is 0. The molecule has 2 bridgehead atoms. The summed E-state index contributed by atoms with van der Waals surface area (Å²) in [7, 11) is 0. The van der Waals surface area contributed by atoms with Crippen LogP contribution in [0.2, 0.25) is 0 Å². The Bertz CT molecular complexity index is 3530. The zero-order valence-electron chi connectivity index (χ0n) is 33.8. The van der Waals surface area contributed by atoms with E-state index in [2.05, 4.69) is 195 Å². The monoisotopic (exact) mass is 767 g/mol. The maximum atomic E-state index is 5.31. The molecule has 0 spiro atoms. The zero-order valence-corrected chi connectivity index (χ0v) is 33.8. The maximum Gasteiger partial charge on any atom is 0.0979 e. The van der Waals surface area contributed by atoms with Gasteiger partial charge in [0.25, 0.3) is 0 Å². The van der Waals surface area contributed by atoms with Crippen molar-refractivity contribution >= 4 is 54.4 Å². The summed E-state index contributed by atoms with van der Waals surface area (Å²) in [5.41, 5.74) is 18.6. The molecule has 0 aliphatic heterocycles. The molecule has 1 aliphatic rings. The van der Waals surface area contributed by atoms with Crippen molar-refractivity contribution in [2.24, 2.45) is 0 Å². The van der Waals surface area contributed by atoms with Gasteiger partial charge in [-0.15, -0.1) is 0 Å². The minimum atomic E-state index is 0.286. The highest BCUT2D eigenvalue weighted by molar-refractivity contribution is 6.19. The van der Waals surface area contributed by atoms with Gasteiger partial charge in [-0.2, -0.15) is 0 Å². The number of rotatable bonds is 3. The Morgan fingerprint density at radius 3 is 1.87 bits per heavy atom. The highest BCUT2D eigenvalue weighted by Crippen LogP contribution is 2.52. The second-order valence-corrected chi connectivity index (χ2v) is 16.6. The molecule has 0 saturated heterocycles. The highest BCUT2D eigenvalue weighted by Gasteiger charge is 2.30. The molecule has 2 atom stereocenters. The van der Waals surface area contributed by atoms with E-state index in [-0.39, 0.29) is 5.92 Å². The smallest absolute Gasteiger partial charge is 0.0979 e. The summed E-state index contributed by atoms with van der Waals surface area (Å²) in [6, 6.07) is 66.4. The first-order chi connectivity index (χ1) is 29.5. The first-order valence-corrected chi connectivity index (χ1v) is 21.1. The lowest BCUT2D eigenvalue weighted by atomic mass is 9.78. The second kappa shape index (κ2) is 13.3. The van der Waals surface area contributed by atoms with Crippen LogP contribution in [-0.2, 0) is 0 Å². The van der Waals surface area contributed by atoms with Gasteiger partial charge in [0, 0.05) is 27.6 Å². The molecule has 0 radical (unpaired) electrons. The fourth-order valence-electron chi connectivity index (χ4n) is 10.4. The predicted octanol–water partition coefficient (Wildman–Crippen LogP) is 15.2. The standard InChI is InChI=1S/C57H41N3/c1-34-35(2)53-43-20-7-5-16-38(43)29-32-47(53)54-36(3)48(44-21-9-8-18-41(34)44)33-52-55(54)46-22-10-13-26-51(46)60(52)40-30-27-39(28-31-40)56-57(59-50-25-12-11-24-49(50)58-56)45-23-14-17-37-15-4-6-19-42(37)45/h4-35H,1-3H3/t34-,35?/m1/s1. The van der Waals surface area contributed by atoms with Crippen LogP contribution in [0.15, 0.2) is 182 Å². The Labute approximate surface area is 349 Å². The van der Waals surface area contributed by atoms with Gasteiger partial charge in [-0.1, -0.05) is 159 Å². The molecule has 60 heavy (non-hydrogen) atoms. The Morgan fingerprint density at radius 2 is 1.07 bits per heavy atom. The third-order valence-corrected chi connectivity index (χ3v) is 13.4. The number of hydrogen-bond acceptors (Lipinski definition) is 2. The molecule has 0 saturated carbocycles. The molecule has 284 valence electrons. The molecule has 2 heterocycles. The summed E-state index contributed by atoms with van der Waals surface area (Å²) < 4.78 is 2.48. The van der Waals surface area contributed by atoms with Gasteiger partial charge in [-0.25, -0.2) is 9.97 Å². The molecule has 2 aromatic heterocycles. The Balaban J connectivity index is 1.13. The van der Waals surface area contributed by atoms with Crippen LogP contribution in [0.25, 0.3) is 105 Å². The van der Waals surface area contributed by atoms with Crippen LogP contribution in [0, 0.1) is 6.92 Å². The molecular weight excluding hydrogens is 727 g/mol. The quantitative estimate of drug-likeness (QED) is 0.179. The first-order valence-electron chi connectivity index (χ1n) is 21.1. The largest absolute Gasteiger partial charge is 0.309 e. The fraction of sp³-hybridized carbons (Fsp3) is 0.0877. The second-order valence-electron chi connectivity index (χ2n) is 16.6. The topological polar surface area (TPSA) is 30.7 Å².